The van der Waals surface area contributed by atoms with E-state index in [1.165, 1.54) is 0 Å². The van der Waals surface area contributed by atoms with Crippen molar-refractivity contribution in [2.45, 2.75) is 45.3 Å². The Morgan fingerprint density at radius 2 is 1.92 bits per heavy atom. The van der Waals surface area contributed by atoms with Gasteiger partial charge in [-0.15, -0.1) is 5.10 Å². The van der Waals surface area contributed by atoms with Gasteiger partial charge in [-0.25, -0.2) is 4.79 Å². The molecule has 136 valence electrons. The summed E-state index contributed by atoms with van der Waals surface area (Å²) in [5, 5.41) is 19.1. The number of carbonyl (C=O) groups is 1. The number of amides is 1. The molecular formula is C17H23N3O5. The van der Waals surface area contributed by atoms with Crippen LogP contribution in [0.25, 0.3) is 0 Å². The van der Waals surface area contributed by atoms with Gasteiger partial charge in [0.15, 0.2) is 0 Å². The van der Waals surface area contributed by atoms with Crippen LogP contribution in [-0.4, -0.2) is 40.1 Å². The summed E-state index contributed by atoms with van der Waals surface area (Å²) in [5.74, 6) is 0.981. The molecule has 0 aliphatic rings. The first-order valence-corrected chi connectivity index (χ1v) is 7.89. The lowest BCUT2D eigenvalue weighted by Crippen LogP contribution is -2.41. The molecule has 2 aromatic rings. The highest BCUT2D eigenvalue weighted by atomic mass is 16.6. The van der Waals surface area contributed by atoms with Crippen LogP contribution in [0.5, 0.6) is 11.8 Å². The van der Waals surface area contributed by atoms with Gasteiger partial charge in [0.05, 0.1) is 7.11 Å². The summed E-state index contributed by atoms with van der Waals surface area (Å²) in [5.41, 5.74) is 0.392. The van der Waals surface area contributed by atoms with Gasteiger partial charge in [0.25, 0.3) is 0 Å². The first-order valence-electron chi connectivity index (χ1n) is 7.89. The minimum absolute atomic E-state index is 0.229. The van der Waals surface area contributed by atoms with Gasteiger partial charge in [-0.2, -0.15) is 0 Å². The minimum atomic E-state index is -0.600. The molecular weight excluding hydrogens is 326 g/mol. The number of rotatable bonds is 6. The summed E-state index contributed by atoms with van der Waals surface area (Å²) >= 11 is 0. The van der Waals surface area contributed by atoms with Gasteiger partial charge in [0, 0.05) is 12.5 Å². The summed E-state index contributed by atoms with van der Waals surface area (Å²) in [7, 11) is 1.60. The van der Waals surface area contributed by atoms with Crippen molar-refractivity contribution in [2.24, 2.45) is 0 Å². The Morgan fingerprint density at radius 1 is 1.24 bits per heavy atom. The molecule has 1 aromatic carbocycles. The number of aromatic hydroxyl groups is 1. The molecule has 8 nitrogen and oxygen atoms in total. The molecule has 0 spiro atoms. The van der Waals surface area contributed by atoms with Crippen molar-refractivity contribution in [2.75, 3.05) is 7.11 Å². The van der Waals surface area contributed by atoms with Gasteiger partial charge < -0.3 is 24.3 Å². The lowest BCUT2D eigenvalue weighted by molar-refractivity contribution is 0.0502. The average molecular weight is 349 g/mol. The van der Waals surface area contributed by atoms with Crippen LogP contribution >= 0.6 is 0 Å². The predicted molar refractivity (Wildman–Crippen MR) is 89.5 cm³/mol. The summed E-state index contributed by atoms with van der Waals surface area (Å²) < 4.78 is 15.4. The van der Waals surface area contributed by atoms with Gasteiger partial charge in [-0.3, -0.25) is 0 Å². The largest absolute Gasteiger partial charge is 0.497 e. The highest BCUT2D eigenvalue weighted by molar-refractivity contribution is 5.68. The van der Waals surface area contributed by atoms with E-state index in [9.17, 15) is 9.90 Å². The maximum absolute atomic E-state index is 12.1. The molecule has 2 rings (SSSR count). The fourth-order valence-corrected chi connectivity index (χ4v) is 2.23. The normalized spacial score (nSPS) is 12.5. The van der Waals surface area contributed by atoms with E-state index in [-0.39, 0.29) is 18.4 Å². The van der Waals surface area contributed by atoms with E-state index in [0.717, 1.165) is 11.3 Å². The highest BCUT2D eigenvalue weighted by Gasteiger charge is 2.22. The molecule has 8 heteroatoms. The molecule has 0 saturated carbocycles. The van der Waals surface area contributed by atoms with Gasteiger partial charge in [-0.1, -0.05) is 17.2 Å². The molecule has 2 N–H and O–H groups in total. The number of benzene rings is 1. The number of hydrogen-bond acceptors (Lipinski definition) is 7. The van der Waals surface area contributed by atoms with Gasteiger partial charge >= 0.3 is 12.2 Å². The molecule has 1 atom stereocenters. The number of alkyl carbamates (subject to hydrolysis) is 1. The van der Waals surface area contributed by atoms with Crippen LogP contribution in [0.2, 0.25) is 0 Å². The zero-order valence-corrected chi connectivity index (χ0v) is 14.8. The molecule has 25 heavy (non-hydrogen) atoms. The third-order valence-electron chi connectivity index (χ3n) is 3.24. The second-order valence-corrected chi connectivity index (χ2v) is 6.58. The van der Waals surface area contributed by atoms with Crippen LogP contribution in [0.3, 0.4) is 0 Å². The fourth-order valence-electron chi connectivity index (χ4n) is 2.23. The molecule has 0 radical (unpaired) electrons. The molecule has 1 unspecified atom stereocenters. The van der Waals surface area contributed by atoms with E-state index in [1.807, 2.05) is 24.3 Å². The van der Waals surface area contributed by atoms with Crippen LogP contribution in [0.15, 0.2) is 28.7 Å². The van der Waals surface area contributed by atoms with Crippen molar-refractivity contribution in [1.82, 2.24) is 15.5 Å². The van der Waals surface area contributed by atoms with E-state index in [4.69, 9.17) is 13.9 Å². The minimum Gasteiger partial charge on any atom is -0.497 e. The fraction of sp³-hybridized carbons (Fsp3) is 0.471. The van der Waals surface area contributed by atoms with Crippen molar-refractivity contribution in [3.63, 3.8) is 0 Å². The monoisotopic (exact) mass is 349 g/mol. The highest BCUT2D eigenvalue weighted by Crippen LogP contribution is 2.16. The number of nitrogens with one attached hydrogen (secondary N) is 1. The zero-order valence-electron chi connectivity index (χ0n) is 14.8. The molecule has 0 fully saturated rings. The van der Waals surface area contributed by atoms with Gasteiger partial charge in [0.1, 0.15) is 11.4 Å². The second-order valence-electron chi connectivity index (χ2n) is 6.58. The molecule has 1 amide bonds. The number of aromatic nitrogens is 2. The molecule has 0 bridgehead atoms. The maximum atomic E-state index is 12.1. The standard InChI is InChI=1S/C17H23N3O5/c1-17(2,3)25-15(21)18-12(10-14-19-20-16(22)24-14)9-11-5-7-13(23-4)8-6-11/h5-8,12H,9-10H2,1-4H3,(H,18,21)(H,20,22). The van der Waals surface area contributed by atoms with E-state index < -0.39 is 17.8 Å². The number of ether oxygens (including phenoxy) is 2. The van der Waals surface area contributed by atoms with Crippen LogP contribution in [0.1, 0.15) is 32.2 Å². The van der Waals surface area contributed by atoms with Crippen molar-refractivity contribution in [3.05, 3.63) is 35.7 Å². The summed E-state index contributed by atoms with van der Waals surface area (Å²) in [6, 6.07) is 7.17. The third kappa shape index (κ3) is 6.33. The van der Waals surface area contributed by atoms with Crippen LogP contribution in [-0.2, 0) is 17.6 Å². The van der Waals surface area contributed by atoms with Crippen molar-refractivity contribution in [1.29, 1.82) is 0 Å². The lowest BCUT2D eigenvalue weighted by Gasteiger charge is -2.23. The zero-order chi connectivity index (χ0) is 18.4. The Balaban J connectivity index is 2.08. The molecule has 0 saturated heterocycles. The number of methoxy groups -OCH3 is 1. The van der Waals surface area contributed by atoms with Crippen LogP contribution in [0, 0.1) is 0 Å². The van der Waals surface area contributed by atoms with E-state index in [1.54, 1.807) is 27.9 Å². The Morgan fingerprint density at radius 3 is 2.44 bits per heavy atom. The van der Waals surface area contributed by atoms with Crippen molar-refractivity contribution >= 4 is 6.09 Å². The molecule has 1 aromatic heterocycles. The Labute approximate surface area is 146 Å². The lowest BCUT2D eigenvalue weighted by atomic mass is 10.0. The topological polar surface area (TPSA) is 107 Å². The molecule has 1 heterocycles. The number of nitrogens with zero attached hydrogens (tertiary/aromatic N) is 2. The Kier molecular flexibility index (Phi) is 5.84. The van der Waals surface area contributed by atoms with E-state index >= 15 is 0 Å². The Bertz CT molecular complexity index is 691. The second kappa shape index (κ2) is 7.87. The summed E-state index contributed by atoms with van der Waals surface area (Å²) in [4.78, 5) is 12.1. The van der Waals surface area contributed by atoms with Gasteiger partial charge in [0.2, 0.25) is 5.89 Å². The molecule has 0 aliphatic heterocycles. The first kappa shape index (κ1) is 18.6. The predicted octanol–water partition coefficient (Wildman–Crippen LogP) is 2.46. The molecule has 0 aliphatic carbocycles. The summed E-state index contributed by atoms with van der Waals surface area (Å²) in [6.45, 7) is 5.38. The number of carbonyl (C=O) groups excluding carboxylic acids is 1. The van der Waals surface area contributed by atoms with Crippen LogP contribution in [0.4, 0.5) is 4.79 Å². The van der Waals surface area contributed by atoms with Crippen LogP contribution < -0.4 is 10.1 Å². The van der Waals surface area contributed by atoms with Gasteiger partial charge in [-0.05, 0) is 44.9 Å². The van der Waals surface area contributed by atoms with E-state index in [2.05, 4.69) is 15.5 Å². The number of hydrogen-bond donors (Lipinski definition) is 2. The first-order chi connectivity index (χ1) is 11.7. The SMILES string of the molecule is COc1ccc(CC(Cc2nnc(O)o2)NC(=O)OC(C)(C)C)cc1. The summed E-state index contributed by atoms with van der Waals surface area (Å²) in [6.07, 6.45) is -0.254. The third-order valence-corrected chi connectivity index (χ3v) is 3.24. The van der Waals surface area contributed by atoms with Crippen molar-refractivity contribution in [3.8, 4) is 11.8 Å². The van der Waals surface area contributed by atoms with E-state index in [0.29, 0.717) is 6.42 Å². The Hall–Kier alpha value is -2.77. The maximum Gasteiger partial charge on any atom is 0.412 e. The average Bonchev–Trinajstić information content (AvgIpc) is 2.91. The smallest absolute Gasteiger partial charge is 0.412 e. The quantitative estimate of drug-likeness (QED) is 0.825. The van der Waals surface area contributed by atoms with Crippen molar-refractivity contribution < 1.29 is 23.8 Å².